The molecular weight excluding hydrogens is 424 g/mol. The number of pyridine rings is 2. The van der Waals surface area contributed by atoms with Crippen LogP contribution in [0.15, 0.2) is 48.5 Å². The van der Waals surface area contributed by atoms with Crippen LogP contribution in [0.1, 0.15) is 79.8 Å². The van der Waals surface area contributed by atoms with E-state index in [9.17, 15) is 9.59 Å². The molecule has 2 atom stereocenters. The molecule has 0 aromatic carbocycles. The summed E-state index contributed by atoms with van der Waals surface area (Å²) in [5.74, 6) is 0.903. The van der Waals surface area contributed by atoms with Crippen molar-refractivity contribution >= 4 is 28.3 Å². The van der Waals surface area contributed by atoms with Gasteiger partial charge in [0.25, 0.3) is 0 Å². The second-order valence-electron chi connectivity index (χ2n) is 8.54. The standard InChI is InChI=1S/C24H28N4O2.2C2H6/c1-5-6-20(29)19-9-14(2)24(4,15(3)27-19)21-10-17-13-26-22(11-18(17)12-25-21)28-23(30)16-7-8-16;2*1-2/h9-13,16,19,27H,3,5-8H2,1-2,4H3,(H,26,28,30);2*1-2H3. The largest absolute Gasteiger partial charge is 0.375 e. The molecule has 3 heterocycles. The van der Waals surface area contributed by atoms with Crippen molar-refractivity contribution in [2.45, 2.75) is 85.6 Å². The molecule has 1 saturated carbocycles. The van der Waals surface area contributed by atoms with Crippen molar-refractivity contribution < 1.29 is 9.59 Å². The van der Waals surface area contributed by atoms with E-state index in [1.54, 1.807) is 12.4 Å². The molecule has 0 radical (unpaired) electrons. The van der Waals surface area contributed by atoms with Gasteiger partial charge in [-0.1, -0.05) is 52.8 Å². The Morgan fingerprint density at radius 3 is 2.32 bits per heavy atom. The molecule has 0 bridgehead atoms. The van der Waals surface area contributed by atoms with Crippen molar-refractivity contribution in [3.63, 3.8) is 0 Å². The highest BCUT2D eigenvalue weighted by Gasteiger charge is 2.39. The Labute approximate surface area is 204 Å². The molecule has 2 aliphatic rings. The number of amides is 1. The monoisotopic (exact) mass is 464 g/mol. The first-order valence-electron chi connectivity index (χ1n) is 12.6. The smallest absolute Gasteiger partial charge is 0.228 e. The SMILES string of the molecule is C=C1NC(C(=O)CCC)C=C(C)C1(C)c1cc2cnc(NC(=O)C3CC3)cc2cn1.CC.CC. The average molecular weight is 465 g/mol. The molecule has 1 amide bonds. The molecule has 2 N–H and O–H groups in total. The summed E-state index contributed by atoms with van der Waals surface area (Å²) in [6.07, 6.45) is 8.85. The maximum absolute atomic E-state index is 12.4. The number of nitrogens with zero attached hydrogens (tertiary/aromatic N) is 2. The van der Waals surface area contributed by atoms with Crippen LogP contribution in [0.4, 0.5) is 5.82 Å². The van der Waals surface area contributed by atoms with E-state index in [0.29, 0.717) is 12.2 Å². The van der Waals surface area contributed by atoms with Gasteiger partial charge in [-0.2, -0.15) is 0 Å². The summed E-state index contributed by atoms with van der Waals surface area (Å²) in [6.45, 7) is 18.3. The highest BCUT2D eigenvalue weighted by Crippen LogP contribution is 2.40. The van der Waals surface area contributed by atoms with Crippen molar-refractivity contribution in [1.29, 1.82) is 0 Å². The number of ketones is 1. The van der Waals surface area contributed by atoms with Gasteiger partial charge in [-0.3, -0.25) is 14.6 Å². The van der Waals surface area contributed by atoms with E-state index < -0.39 is 5.41 Å². The van der Waals surface area contributed by atoms with Crippen LogP contribution in [0, 0.1) is 5.92 Å². The molecule has 2 aromatic rings. The van der Waals surface area contributed by atoms with E-state index in [-0.39, 0.29) is 23.7 Å². The summed E-state index contributed by atoms with van der Waals surface area (Å²) in [7, 11) is 0. The number of carbonyl (C=O) groups is 2. The van der Waals surface area contributed by atoms with E-state index in [2.05, 4.69) is 29.1 Å². The topological polar surface area (TPSA) is 84.0 Å². The Morgan fingerprint density at radius 1 is 1.12 bits per heavy atom. The molecule has 0 saturated heterocycles. The quantitative estimate of drug-likeness (QED) is 0.505. The average Bonchev–Trinajstić information content (AvgIpc) is 3.70. The van der Waals surface area contributed by atoms with Crippen LogP contribution in [0.25, 0.3) is 10.8 Å². The van der Waals surface area contributed by atoms with Crippen LogP contribution >= 0.6 is 0 Å². The molecule has 4 rings (SSSR count). The first-order valence-corrected chi connectivity index (χ1v) is 12.6. The molecule has 2 unspecified atom stereocenters. The van der Waals surface area contributed by atoms with Crippen LogP contribution in [-0.2, 0) is 15.0 Å². The predicted molar refractivity (Wildman–Crippen MR) is 141 cm³/mol. The van der Waals surface area contributed by atoms with Crippen LogP contribution in [0.5, 0.6) is 0 Å². The normalized spacial score (nSPS) is 21.2. The third kappa shape index (κ3) is 5.72. The van der Waals surface area contributed by atoms with Gasteiger partial charge in [0.2, 0.25) is 5.91 Å². The first kappa shape index (κ1) is 27.2. The van der Waals surface area contributed by atoms with E-state index in [1.165, 1.54) is 0 Å². The van der Waals surface area contributed by atoms with Crippen molar-refractivity contribution in [1.82, 2.24) is 15.3 Å². The summed E-state index contributed by atoms with van der Waals surface area (Å²) < 4.78 is 0. The van der Waals surface area contributed by atoms with E-state index in [1.807, 2.05) is 59.8 Å². The number of nitrogens with one attached hydrogen (secondary N) is 2. The van der Waals surface area contributed by atoms with Gasteiger partial charge in [0.15, 0.2) is 5.78 Å². The van der Waals surface area contributed by atoms with Gasteiger partial charge >= 0.3 is 0 Å². The van der Waals surface area contributed by atoms with E-state index >= 15 is 0 Å². The van der Waals surface area contributed by atoms with Crippen molar-refractivity contribution in [2.75, 3.05) is 5.32 Å². The Hall–Kier alpha value is -3.02. The zero-order valence-corrected chi connectivity index (χ0v) is 21.8. The molecule has 0 spiro atoms. The number of allylic oxidation sites excluding steroid dienone is 1. The number of hydrogen-bond acceptors (Lipinski definition) is 5. The van der Waals surface area contributed by atoms with Gasteiger partial charge in [-0.25, -0.2) is 4.98 Å². The van der Waals surface area contributed by atoms with Crippen molar-refractivity contribution in [3.05, 3.63) is 54.1 Å². The van der Waals surface area contributed by atoms with Gasteiger partial charge < -0.3 is 10.6 Å². The van der Waals surface area contributed by atoms with Crippen LogP contribution in [0.3, 0.4) is 0 Å². The lowest BCUT2D eigenvalue weighted by atomic mass is 9.73. The maximum atomic E-state index is 12.4. The number of fused-ring (bicyclic) bond motifs is 1. The first-order chi connectivity index (χ1) is 16.3. The zero-order chi connectivity index (χ0) is 25.5. The summed E-state index contributed by atoms with van der Waals surface area (Å²) in [6, 6.07) is 3.53. The van der Waals surface area contributed by atoms with Gasteiger partial charge in [0.1, 0.15) is 11.9 Å². The second kappa shape index (κ2) is 11.9. The fraction of sp³-hybridized carbons (Fsp3) is 0.500. The molecule has 6 nitrogen and oxygen atoms in total. The van der Waals surface area contributed by atoms with Crippen LogP contribution < -0.4 is 10.6 Å². The molecule has 1 aliphatic carbocycles. The highest BCUT2D eigenvalue weighted by molar-refractivity contribution is 5.95. The number of carbonyl (C=O) groups excluding carboxylic acids is 2. The number of Topliss-reactive ketones (excluding diaryl/α,β-unsaturated/α-hetero) is 1. The summed E-state index contributed by atoms with van der Waals surface area (Å²) in [5, 5.41) is 8.02. The molecule has 1 aliphatic heterocycles. The van der Waals surface area contributed by atoms with Gasteiger partial charge in [0.05, 0.1) is 11.1 Å². The van der Waals surface area contributed by atoms with Crippen molar-refractivity contribution in [3.8, 4) is 0 Å². The summed E-state index contributed by atoms with van der Waals surface area (Å²) in [4.78, 5) is 33.5. The minimum Gasteiger partial charge on any atom is -0.375 e. The highest BCUT2D eigenvalue weighted by atomic mass is 16.2. The minimum absolute atomic E-state index is 0.0384. The molecule has 184 valence electrons. The molecule has 1 fully saturated rings. The lowest BCUT2D eigenvalue weighted by molar-refractivity contribution is -0.120. The van der Waals surface area contributed by atoms with Crippen LogP contribution in [0.2, 0.25) is 0 Å². The Morgan fingerprint density at radius 2 is 1.74 bits per heavy atom. The number of rotatable bonds is 6. The number of hydrogen-bond donors (Lipinski definition) is 2. The van der Waals surface area contributed by atoms with E-state index in [4.69, 9.17) is 4.98 Å². The maximum Gasteiger partial charge on any atom is 0.228 e. The number of anilines is 1. The fourth-order valence-corrected chi connectivity index (χ4v) is 3.91. The van der Waals surface area contributed by atoms with Crippen LogP contribution in [-0.4, -0.2) is 27.7 Å². The minimum atomic E-state index is -0.518. The molecule has 2 aromatic heterocycles. The molecule has 34 heavy (non-hydrogen) atoms. The lowest BCUT2D eigenvalue weighted by Gasteiger charge is -2.39. The van der Waals surface area contributed by atoms with E-state index in [0.717, 1.165) is 47.0 Å². The second-order valence-corrected chi connectivity index (χ2v) is 8.54. The van der Waals surface area contributed by atoms with Crippen molar-refractivity contribution in [2.24, 2.45) is 5.92 Å². The Bertz CT molecular complexity index is 1070. The summed E-state index contributed by atoms with van der Waals surface area (Å²) in [5.41, 5.74) is 2.15. The fourth-order valence-electron chi connectivity index (χ4n) is 3.91. The Kier molecular flexibility index (Phi) is 9.54. The lowest BCUT2D eigenvalue weighted by Crippen LogP contribution is -2.46. The van der Waals surface area contributed by atoms with Gasteiger partial charge in [-0.15, -0.1) is 0 Å². The summed E-state index contributed by atoms with van der Waals surface area (Å²) >= 11 is 0. The Balaban J connectivity index is 0.000000970. The molecule has 6 heteroatoms. The third-order valence-corrected chi connectivity index (χ3v) is 6.30. The van der Waals surface area contributed by atoms with Gasteiger partial charge in [0, 0.05) is 41.2 Å². The van der Waals surface area contributed by atoms with Gasteiger partial charge in [-0.05, 0) is 45.2 Å². The molecular formula is C28H40N4O2. The predicted octanol–water partition coefficient (Wildman–Crippen LogP) is 6.09. The zero-order valence-electron chi connectivity index (χ0n) is 21.8. The number of aromatic nitrogens is 2. The third-order valence-electron chi connectivity index (χ3n) is 6.30.